The van der Waals surface area contributed by atoms with Crippen LogP contribution >= 0.6 is 11.6 Å². The summed E-state index contributed by atoms with van der Waals surface area (Å²) in [5.41, 5.74) is 2.06. The fourth-order valence-corrected chi connectivity index (χ4v) is 1.77. The molecule has 15 heavy (non-hydrogen) atoms. The molecule has 0 fully saturated rings. The lowest BCUT2D eigenvalue weighted by Gasteiger charge is -2.00. The maximum Gasteiger partial charge on any atom is 0.334 e. The van der Waals surface area contributed by atoms with E-state index < -0.39 is 5.82 Å². The average molecular weight is 227 g/mol. The monoisotopic (exact) mass is 226 g/mol. The molecule has 0 heterocycles. The molecule has 2 nitrogen and oxygen atoms in total. The fraction of sp³-hybridized carbons (Fsp3) is 0.182. The van der Waals surface area contributed by atoms with Gasteiger partial charge >= 0.3 is 5.97 Å². The van der Waals surface area contributed by atoms with E-state index in [2.05, 4.69) is 4.74 Å². The third kappa shape index (κ3) is 1.75. The lowest BCUT2D eigenvalue weighted by atomic mass is 10.1. The van der Waals surface area contributed by atoms with Gasteiger partial charge in [0.05, 0.1) is 12.1 Å². The predicted molar refractivity (Wildman–Crippen MR) is 55.1 cm³/mol. The van der Waals surface area contributed by atoms with Crippen LogP contribution in [0.25, 0.3) is 6.08 Å². The molecule has 1 aromatic carbocycles. The zero-order chi connectivity index (χ0) is 11.0. The van der Waals surface area contributed by atoms with E-state index in [4.69, 9.17) is 11.6 Å². The van der Waals surface area contributed by atoms with E-state index >= 15 is 0 Å². The minimum absolute atomic E-state index is 0.0658. The molecule has 0 saturated carbocycles. The summed E-state index contributed by atoms with van der Waals surface area (Å²) in [5, 5.41) is 0.0658. The highest BCUT2D eigenvalue weighted by Gasteiger charge is 2.20. The Morgan fingerprint density at radius 1 is 1.53 bits per heavy atom. The van der Waals surface area contributed by atoms with Gasteiger partial charge < -0.3 is 4.74 Å². The number of halogens is 2. The summed E-state index contributed by atoms with van der Waals surface area (Å²) >= 11 is 5.63. The second-order valence-electron chi connectivity index (χ2n) is 3.30. The number of hydrogen-bond donors (Lipinski definition) is 0. The Kier molecular flexibility index (Phi) is 2.49. The number of carbonyl (C=O) groups excluding carboxylic acids is 1. The molecule has 4 heteroatoms. The van der Waals surface area contributed by atoms with Crippen molar-refractivity contribution in [2.75, 3.05) is 7.11 Å². The van der Waals surface area contributed by atoms with Gasteiger partial charge in [-0.05, 0) is 29.3 Å². The van der Waals surface area contributed by atoms with Gasteiger partial charge in [0.25, 0.3) is 0 Å². The summed E-state index contributed by atoms with van der Waals surface area (Å²) in [7, 11) is 1.32. The van der Waals surface area contributed by atoms with Gasteiger partial charge in [-0.15, -0.1) is 0 Å². The van der Waals surface area contributed by atoms with Crippen LogP contribution in [0.3, 0.4) is 0 Å². The Hall–Kier alpha value is -1.35. The predicted octanol–water partition coefficient (Wildman–Crippen LogP) is 2.59. The van der Waals surface area contributed by atoms with E-state index in [9.17, 15) is 9.18 Å². The van der Waals surface area contributed by atoms with Crippen molar-refractivity contribution >= 4 is 23.6 Å². The standard InChI is InChI=1S/C11H8ClFO2/c1-15-11(14)8-2-6-4-9(12)10(13)5-7(6)3-8/h2,4-5H,3H2,1H3. The Bertz CT molecular complexity index is 466. The molecule has 1 aliphatic carbocycles. The fourth-order valence-electron chi connectivity index (χ4n) is 1.60. The van der Waals surface area contributed by atoms with Crippen LogP contribution < -0.4 is 0 Å². The molecule has 2 rings (SSSR count). The quantitative estimate of drug-likeness (QED) is 0.688. The van der Waals surface area contributed by atoms with Crippen molar-refractivity contribution in [3.63, 3.8) is 0 Å². The van der Waals surface area contributed by atoms with Crippen molar-refractivity contribution in [2.45, 2.75) is 6.42 Å². The van der Waals surface area contributed by atoms with E-state index in [1.807, 2.05) is 0 Å². The first-order valence-electron chi connectivity index (χ1n) is 4.38. The van der Waals surface area contributed by atoms with Crippen molar-refractivity contribution in [2.24, 2.45) is 0 Å². The summed E-state index contributed by atoms with van der Waals surface area (Å²) in [4.78, 5) is 11.2. The highest BCUT2D eigenvalue weighted by atomic mass is 35.5. The number of hydrogen-bond acceptors (Lipinski definition) is 2. The van der Waals surface area contributed by atoms with Crippen molar-refractivity contribution < 1.29 is 13.9 Å². The Morgan fingerprint density at radius 3 is 2.93 bits per heavy atom. The molecule has 0 saturated heterocycles. The van der Waals surface area contributed by atoms with Gasteiger partial charge in [-0.25, -0.2) is 9.18 Å². The normalized spacial score (nSPS) is 13.4. The van der Waals surface area contributed by atoms with Crippen LogP contribution in [0, 0.1) is 5.82 Å². The largest absolute Gasteiger partial charge is 0.466 e. The average Bonchev–Trinajstić information content (AvgIpc) is 2.60. The van der Waals surface area contributed by atoms with Gasteiger partial charge in [0.15, 0.2) is 0 Å². The first-order valence-corrected chi connectivity index (χ1v) is 4.76. The highest BCUT2D eigenvalue weighted by molar-refractivity contribution is 6.31. The third-order valence-corrected chi connectivity index (χ3v) is 2.63. The van der Waals surface area contributed by atoms with E-state index in [1.54, 1.807) is 6.08 Å². The van der Waals surface area contributed by atoms with Crippen LogP contribution in [0.15, 0.2) is 17.7 Å². The molecule has 0 aromatic heterocycles. The Labute approximate surface area is 91.3 Å². The molecule has 0 radical (unpaired) electrons. The maximum atomic E-state index is 13.1. The topological polar surface area (TPSA) is 26.3 Å². The van der Waals surface area contributed by atoms with Crippen LogP contribution in [-0.2, 0) is 16.0 Å². The molecule has 1 aliphatic rings. The van der Waals surface area contributed by atoms with Crippen LogP contribution in [0.5, 0.6) is 0 Å². The molecule has 78 valence electrons. The maximum absolute atomic E-state index is 13.1. The second-order valence-corrected chi connectivity index (χ2v) is 3.71. The van der Waals surface area contributed by atoms with E-state index in [1.165, 1.54) is 19.2 Å². The lowest BCUT2D eigenvalue weighted by Crippen LogP contribution is -2.04. The van der Waals surface area contributed by atoms with Gasteiger partial charge in [-0.1, -0.05) is 11.6 Å². The smallest absolute Gasteiger partial charge is 0.334 e. The van der Waals surface area contributed by atoms with Crippen LogP contribution in [0.1, 0.15) is 11.1 Å². The molecule has 1 aromatic rings. The van der Waals surface area contributed by atoms with E-state index in [0.717, 1.165) is 11.1 Å². The summed E-state index contributed by atoms with van der Waals surface area (Å²) in [6.07, 6.45) is 2.07. The second kappa shape index (κ2) is 3.66. The first kappa shape index (κ1) is 10.2. The Morgan fingerprint density at radius 2 is 2.27 bits per heavy atom. The first-order chi connectivity index (χ1) is 7.11. The summed E-state index contributed by atoms with van der Waals surface area (Å²) in [6, 6.07) is 2.87. The number of carbonyl (C=O) groups is 1. The zero-order valence-corrected chi connectivity index (χ0v) is 8.77. The van der Waals surface area contributed by atoms with Crippen LogP contribution in [-0.4, -0.2) is 13.1 Å². The van der Waals surface area contributed by atoms with E-state index in [0.29, 0.717) is 12.0 Å². The molecule has 0 spiro atoms. The van der Waals surface area contributed by atoms with Crippen molar-refractivity contribution in [3.05, 3.63) is 39.7 Å². The summed E-state index contributed by atoms with van der Waals surface area (Å²) in [6.45, 7) is 0. The van der Waals surface area contributed by atoms with Crippen molar-refractivity contribution in [1.29, 1.82) is 0 Å². The van der Waals surface area contributed by atoms with Gasteiger partial charge in [0.2, 0.25) is 0 Å². The van der Waals surface area contributed by atoms with Gasteiger partial charge in [-0.3, -0.25) is 0 Å². The molecule has 0 unspecified atom stereocenters. The van der Waals surface area contributed by atoms with Gasteiger partial charge in [0, 0.05) is 12.0 Å². The number of methoxy groups -OCH3 is 1. The highest BCUT2D eigenvalue weighted by Crippen LogP contribution is 2.29. The molecule has 0 bridgehead atoms. The van der Waals surface area contributed by atoms with Crippen molar-refractivity contribution in [1.82, 2.24) is 0 Å². The molecule has 0 atom stereocenters. The molecule has 0 amide bonds. The number of rotatable bonds is 1. The number of esters is 1. The Balaban J connectivity index is 2.38. The summed E-state index contributed by atoms with van der Waals surface area (Å²) in [5.74, 6) is -0.849. The summed E-state index contributed by atoms with van der Waals surface area (Å²) < 4.78 is 17.7. The third-order valence-electron chi connectivity index (χ3n) is 2.34. The molecular formula is C11H8ClFO2. The zero-order valence-electron chi connectivity index (χ0n) is 8.01. The van der Waals surface area contributed by atoms with Crippen molar-refractivity contribution in [3.8, 4) is 0 Å². The van der Waals surface area contributed by atoms with Crippen LogP contribution in [0.4, 0.5) is 4.39 Å². The number of fused-ring (bicyclic) bond motifs is 1. The van der Waals surface area contributed by atoms with Gasteiger partial charge in [0.1, 0.15) is 5.82 Å². The minimum Gasteiger partial charge on any atom is -0.466 e. The molecule has 0 aliphatic heterocycles. The van der Waals surface area contributed by atoms with Crippen LogP contribution in [0.2, 0.25) is 5.02 Å². The molecule has 0 N–H and O–H groups in total. The van der Waals surface area contributed by atoms with Gasteiger partial charge in [-0.2, -0.15) is 0 Å². The minimum atomic E-state index is -0.463. The number of benzene rings is 1. The SMILES string of the molecule is COC(=O)C1=Cc2cc(Cl)c(F)cc2C1. The lowest BCUT2D eigenvalue weighted by molar-refractivity contribution is -0.136. The van der Waals surface area contributed by atoms with E-state index in [-0.39, 0.29) is 11.0 Å². The number of ether oxygens (including phenoxy) is 1. The molecular weight excluding hydrogens is 219 g/mol.